The summed E-state index contributed by atoms with van der Waals surface area (Å²) >= 11 is 0. The average Bonchev–Trinajstić information content (AvgIpc) is 2.78. The normalized spacial score (nSPS) is 19.4. The Hall–Kier alpha value is -1.64. The van der Waals surface area contributed by atoms with Crippen LogP contribution in [0, 0.1) is 5.92 Å². The van der Waals surface area contributed by atoms with Crippen molar-refractivity contribution in [1.29, 1.82) is 0 Å². The molecule has 0 saturated heterocycles. The van der Waals surface area contributed by atoms with Gasteiger partial charge in [-0.3, -0.25) is 4.79 Å². The van der Waals surface area contributed by atoms with Gasteiger partial charge in [-0.05, 0) is 18.1 Å². The Labute approximate surface area is 95.2 Å². The van der Waals surface area contributed by atoms with Crippen molar-refractivity contribution in [1.82, 2.24) is 0 Å². The summed E-state index contributed by atoms with van der Waals surface area (Å²) in [7, 11) is 0. The molecule has 2 rings (SSSR count). The zero-order chi connectivity index (χ0) is 11.5. The van der Waals surface area contributed by atoms with Crippen molar-refractivity contribution in [2.45, 2.75) is 19.9 Å². The quantitative estimate of drug-likeness (QED) is 0.729. The third-order valence-electron chi connectivity index (χ3n) is 2.74. The molecule has 0 N–H and O–H groups in total. The number of benzene rings is 1. The number of hydrogen-bond acceptors (Lipinski definition) is 3. The second-order valence-corrected chi connectivity index (χ2v) is 4.30. The summed E-state index contributed by atoms with van der Waals surface area (Å²) in [5.74, 6) is 1.18. The Kier molecular flexibility index (Phi) is 3.04. The number of aldehydes is 1. The van der Waals surface area contributed by atoms with Crippen LogP contribution in [0.4, 0.5) is 0 Å². The van der Waals surface area contributed by atoms with Gasteiger partial charge in [-0.1, -0.05) is 26.0 Å². The molecule has 3 nitrogen and oxygen atoms in total. The summed E-state index contributed by atoms with van der Waals surface area (Å²) in [5.41, 5.74) is 1.61. The lowest BCUT2D eigenvalue weighted by atomic mass is 10.1. The summed E-state index contributed by atoms with van der Waals surface area (Å²) in [6.07, 6.45) is 0.831. The molecule has 1 atom stereocenters. The predicted molar refractivity (Wildman–Crippen MR) is 62.9 cm³/mol. The fraction of sp³-hybridized carbons (Fsp3) is 0.385. The molecule has 0 unspecified atom stereocenters. The number of ether oxygens (including phenoxy) is 1. The van der Waals surface area contributed by atoms with E-state index in [1.165, 1.54) is 0 Å². The number of carbonyl (C=O) groups excluding carboxylic acids is 1. The second-order valence-electron chi connectivity index (χ2n) is 4.30. The van der Waals surface area contributed by atoms with Crippen LogP contribution in [0.15, 0.2) is 29.3 Å². The fourth-order valence-electron chi connectivity index (χ4n) is 1.59. The maximum atomic E-state index is 10.5. The lowest BCUT2D eigenvalue weighted by Crippen LogP contribution is -2.13. The molecular formula is C13H15NO2. The van der Waals surface area contributed by atoms with Crippen LogP contribution < -0.4 is 0 Å². The van der Waals surface area contributed by atoms with Crippen LogP contribution >= 0.6 is 0 Å². The smallest absolute Gasteiger partial charge is 0.216 e. The standard InChI is InChI=1S/C13H15NO2/c1-9(2)12-8-16-13(14-12)11-5-3-10(7-15)4-6-11/h3-7,9,12H,8H2,1-2H3/t12-/m1/s1. The van der Waals surface area contributed by atoms with E-state index in [-0.39, 0.29) is 6.04 Å². The Morgan fingerprint density at radius 3 is 2.56 bits per heavy atom. The molecule has 1 aromatic rings. The zero-order valence-corrected chi connectivity index (χ0v) is 9.51. The predicted octanol–water partition coefficient (Wildman–Crippen LogP) is 2.30. The molecular weight excluding hydrogens is 202 g/mol. The Morgan fingerprint density at radius 2 is 2.06 bits per heavy atom. The van der Waals surface area contributed by atoms with Crippen LogP contribution in [-0.4, -0.2) is 24.8 Å². The molecule has 3 heteroatoms. The molecule has 0 radical (unpaired) electrons. The Morgan fingerprint density at radius 1 is 1.38 bits per heavy atom. The summed E-state index contributed by atoms with van der Waals surface area (Å²) in [4.78, 5) is 15.0. The SMILES string of the molecule is CC(C)[C@H]1COC(c2ccc(C=O)cc2)=N1. The summed E-state index contributed by atoms with van der Waals surface area (Å²) < 4.78 is 5.55. The van der Waals surface area contributed by atoms with Gasteiger partial charge in [0.15, 0.2) is 0 Å². The van der Waals surface area contributed by atoms with E-state index < -0.39 is 0 Å². The van der Waals surface area contributed by atoms with Crippen LogP contribution in [0.5, 0.6) is 0 Å². The largest absolute Gasteiger partial charge is 0.475 e. The first-order chi connectivity index (χ1) is 7.70. The molecule has 84 valence electrons. The minimum absolute atomic E-state index is 0.251. The fourth-order valence-corrected chi connectivity index (χ4v) is 1.59. The molecule has 0 aliphatic carbocycles. The minimum atomic E-state index is 0.251. The molecule has 0 saturated carbocycles. The van der Waals surface area contributed by atoms with E-state index in [1.54, 1.807) is 12.1 Å². The van der Waals surface area contributed by atoms with Gasteiger partial charge in [0.1, 0.15) is 12.9 Å². The van der Waals surface area contributed by atoms with Crippen LogP contribution in [0.1, 0.15) is 29.8 Å². The van der Waals surface area contributed by atoms with Gasteiger partial charge in [0.05, 0.1) is 6.04 Å². The monoisotopic (exact) mass is 217 g/mol. The van der Waals surface area contributed by atoms with E-state index in [9.17, 15) is 4.79 Å². The highest BCUT2D eigenvalue weighted by molar-refractivity contribution is 5.95. The van der Waals surface area contributed by atoms with Gasteiger partial charge < -0.3 is 4.74 Å². The van der Waals surface area contributed by atoms with E-state index in [4.69, 9.17) is 4.74 Å². The van der Waals surface area contributed by atoms with E-state index >= 15 is 0 Å². The second kappa shape index (κ2) is 4.47. The molecule has 0 fully saturated rings. The highest BCUT2D eigenvalue weighted by Crippen LogP contribution is 2.17. The van der Waals surface area contributed by atoms with Crippen LogP contribution in [0.25, 0.3) is 0 Å². The van der Waals surface area contributed by atoms with E-state index in [0.29, 0.717) is 24.0 Å². The van der Waals surface area contributed by atoms with Crippen molar-refractivity contribution in [3.8, 4) is 0 Å². The van der Waals surface area contributed by atoms with Crippen molar-refractivity contribution in [3.63, 3.8) is 0 Å². The van der Waals surface area contributed by atoms with Gasteiger partial charge in [0.2, 0.25) is 5.90 Å². The highest BCUT2D eigenvalue weighted by Gasteiger charge is 2.22. The first kappa shape index (κ1) is 10.9. The number of nitrogens with zero attached hydrogens (tertiary/aromatic N) is 1. The summed E-state index contributed by atoms with van der Waals surface area (Å²) in [6.45, 7) is 4.92. The van der Waals surface area contributed by atoms with E-state index in [2.05, 4.69) is 18.8 Å². The third-order valence-corrected chi connectivity index (χ3v) is 2.74. The van der Waals surface area contributed by atoms with Crippen molar-refractivity contribution in [2.75, 3.05) is 6.61 Å². The average molecular weight is 217 g/mol. The van der Waals surface area contributed by atoms with Crippen molar-refractivity contribution in [3.05, 3.63) is 35.4 Å². The van der Waals surface area contributed by atoms with Gasteiger partial charge in [0, 0.05) is 11.1 Å². The Bertz CT molecular complexity index is 406. The molecule has 1 aliphatic rings. The first-order valence-electron chi connectivity index (χ1n) is 5.47. The number of rotatable bonds is 3. The van der Waals surface area contributed by atoms with Gasteiger partial charge in [-0.25, -0.2) is 4.99 Å². The van der Waals surface area contributed by atoms with Crippen LogP contribution in [0.2, 0.25) is 0 Å². The minimum Gasteiger partial charge on any atom is -0.475 e. The third kappa shape index (κ3) is 2.13. The van der Waals surface area contributed by atoms with Crippen LogP contribution in [-0.2, 0) is 4.74 Å². The summed E-state index contributed by atoms with van der Waals surface area (Å²) in [5, 5.41) is 0. The number of aliphatic imine (C=N–C) groups is 1. The molecule has 0 spiro atoms. The van der Waals surface area contributed by atoms with Crippen LogP contribution in [0.3, 0.4) is 0 Å². The van der Waals surface area contributed by atoms with E-state index in [0.717, 1.165) is 11.8 Å². The number of hydrogen-bond donors (Lipinski definition) is 0. The number of carbonyl (C=O) groups is 1. The van der Waals surface area contributed by atoms with Gasteiger partial charge in [-0.2, -0.15) is 0 Å². The van der Waals surface area contributed by atoms with E-state index in [1.807, 2.05) is 12.1 Å². The van der Waals surface area contributed by atoms with Crippen molar-refractivity contribution < 1.29 is 9.53 Å². The Balaban J connectivity index is 2.19. The van der Waals surface area contributed by atoms with Crippen molar-refractivity contribution >= 4 is 12.2 Å². The topological polar surface area (TPSA) is 38.7 Å². The molecule has 16 heavy (non-hydrogen) atoms. The van der Waals surface area contributed by atoms with Gasteiger partial charge >= 0.3 is 0 Å². The zero-order valence-electron chi connectivity index (χ0n) is 9.51. The van der Waals surface area contributed by atoms with Gasteiger partial charge in [-0.15, -0.1) is 0 Å². The lowest BCUT2D eigenvalue weighted by molar-refractivity contribution is 0.112. The molecule has 0 amide bonds. The highest BCUT2D eigenvalue weighted by atomic mass is 16.5. The van der Waals surface area contributed by atoms with Crippen molar-refractivity contribution in [2.24, 2.45) is 10.9 Å². The lowest BCUT2D eigenvalue weighted by Gasteiger charge is -2.06. The molecule has 1 heterocycles. The maximum Gasteiger partial charge on any atom is 0.216 e. The maximum absolute atomic E-state index is 10.5. The molecule has 1 aromatic carbocycles. The van der Waals surface area contributed by atoms with Gasteiger partial charge in [0.25, 0.3) is 0 Å². The molecule has 0 aromatic heterocycles. The summed E-state index contributed by atoms with van der Waals surface area (Å²) in [6, 6.07) is 7.53. The molecule has 1 aliphatic heterocycles. The molecule has 0 bridgehead atoms. The first-order valence-corrected chi connectivity index (χ1v) is 5.47.